The van der Waals surface area contributed by atoms with Crippen LogP contribution in [0.25, 0.3) is 0 Å². The van der Waals surface area contributed by atoms with Crippen molar-refractivity contribution in [1.82, 2.24) is 5.32 Å². The first-order chi connectivity index (χ1) is 9.97. The molecule has 0 aromatic heterocycles. The number of hydrogen-bond acceptors (Lipinski definition) is 5. The van der Waals surface area contributed by atoms with Gasteiger partial charge in [0.15, 0.2) is 0 Å². The molecule has 1 N–H and O–H groups in total. The summed E-state index contributed by atoms with van der Waals surface area (Å²) in [6, 6.07) is 7.81. The van der Waals surface area contributed by atoms with Gasteiger partial charge < -0.3 is 19.7 Å². The first-order valence-electron chi connectivity index (χ1n) is 7.17. The van der Waals surface area contributed by atoms with Gasteiger partial charge in [-0.25, -0.2) is 0 Å². The van der Waals surface area contributed by atoms with Crippen LogP contribution in [0.15, 0.2) is 24.3 Å². The standard InChI is InChI=1S/C16H26N2O3/c1-12(2)17-15(16(19)21-5)10-11-18(3)13-6-8-14(20-4)9-7-13/h6-9,12,15,17H,10-11H2,1-5H3. The average molecular weight is 294 g/mol. The van der Waals surface area contributed by atoms with Crippen molar-refractivity contribution < 1.29 is 14.3 Å². The number of esters is 1. The second-order valence-electron chi connectivity index (χ2n) is 5.31. The molecule has 21 heavy (non-hydrogen) atoms. The van der Waals surface area contributed by atoms with E-state index in [1.807, 2.05) is 45.2 Å². The molecule has 1 rings (SSSR count). The summed E-state index contributed by atoms with van der Waals surface area (Å²) in [6.07, 6.45) is 0.688. The monoisotopic (exact) mass is 294 g/mol. The third-order valence-corrected chi connectivity index (χ3v) is 3.29. The number of benzene rings is 1. The molecule has 1 aromatic rings. The molecule has 0 radical (unpaired) electrons. The zero-order valence-electron chi connectivity index (χ0n) is 13.6. The molecule has 118 valence electrons. The molecule has 0 amide bonds. The van der Waals surface area contributed by atoms with Crippen LogP contribution in [0.5, 0.6) is 5.75 Å². The molecule has 5 heteroatoms. The van der Waals surface area contributed by atoms with Crippen molar-refractivity contribution in [2.75, 3.05) is 32.7 Å². The Balaban J connectivity index is 2.58. The van der Waals surface area contributed by atoms with Crippen molar-refractivity contribution in [3.63, 3.8) is 0 Å². The van der Waals surface area contributed by atoms with Crippen LogP contribution < -0.4 is 15.0 Å². The lowest BCUT2D eigenvalue weighted by Gasteiger charge is -2.24. The molecule has 0 fully saturated rings. The SMILES string of the molecule is COC(=O)C(CCN(C)c1ccc(OC)cc1)NC(C)C. The summed E-state index contributed by atoms with van der Waals surface area (Å²) < 4.78 is 9.99. The van der Waals surface area contributed by atoms with Crippen molar-refractivity contribution in [3.05, 3.63) is 24.3 Å². The number of anilines is 1. The van der Waals surface area contributed by atoms with Gasteiger partial charge in [0.05, 0.1) is 14.2 Å². The van der Waals surface area contributed by atoms with Crippen LogP contribution in [0.3, 0.4) is 0 Å². The van der Waals surface area contributed by atoms with E-state index in [2.05, 4.69) is 10.2 Å². The van der Waals surface area contributed by atoms with Crippen LogP contribution in [-0.2, 0) is 9.53 Å². The minimum absolute atomic E-state index is 0.216. The number of nitrogens with zero attached hydrogens (tertiary/aromatic N) is 1. The van der Waals surface area contributed by atoms with Crippen LogP contribution in [0.2, 0.25) is 0 Å². The smallest absolute Gasteiger partial charge is 0.322 e. The van der Waals surface area contributed by atoms with E-state index < -0.39 is 0 Å². The maximum absolute atomic E-state index is 11.8. The first kappa shape index (κ1) is 17.3. The predicted octanol–water partition coefficient (Wildman–Crippen LogP) is 2.06. The summed E-state index contributed by atoms with van der Waals surface area (Å²) in [6.45, 7) is 4.79. The Labute approximate surface area is 127 Å². The van der Waals surface area contributed by atoms with E-state index >= 15 is 0 Å². The molecule has 0 spiro atoms. The van der Waals surface area contributed by atoms with Gasteiger partial charge in [0.25, 0.3) is 0 Å². The summed E-state index contributed by atoms with van der Waals surface area (Å²) in [4.78, 5) is 13.9. The number of hydrogen-bond donors (Lipinski definition) is 1. The summed E-state index contributed by atoms with van der Waals surface area (Å²) >= 11 is 0. The number of carbonyl (C=O) groups excluding carboxylic acids is 1. The fraction of sp³-hybridized carbons (Fsp3) is 0.562. The molecule has 0 bridgehead atoms. The second-order valence-corrected chi connectivity index (χ2v) is 5.31. The Morgan fingerprint density at radius 2 is 1.86 bits per heavy atom. The van der Waals surface area contributed by atoms with Gasteiger partial charge in [-0.2, -0.15) is 0 Å². The maximum Gasteiger partial charge on any atom is 0.322 e. The van der Waals surface area contributed by atoms with Gasteiger partial charge in [0.1, 0.15) is 11.8 Å². The molecule has 0 saturated heterocycles. The van der Waals surface area contributed by atoms with Gasteiger partial charge in [-0.05, 0) is 30.7 Å². The zero-order chi connectivity index (χ0) is 15.8. The maximum atomic E-state index is 11.8. The highest BCUT2D eigenvalue weighted by molar-refractivity contribution is 5.75. The molecular formula is C16H26N2O3. The molecule has 5 nitrogen and oxygen atoms in total. The van der Waals surface area contributed by atoms with Crippen LogP contribution in [0.4, 0.5) is 5.69 Å². The second kappa shape index (κ2) is 8.52. The Morgan fingerprint density at radius 3 is 2.33 bits per heavy atom. The molecule has 0 aliphatic rings. The third-order valence-electron chi connectivity index (χ3n) is 3.29. The summed E-state index contributed by atoms with van der Waals surface area (Å²) in [5.41, 5.74) is 1.09. The normalized spacial score (nSPS) is 12.1. The fourth-order valence-corrected chi connectivity index (χ4v) is 2.10. The van der Waals surface area contributed by atoms with Crippen molar-refractivity contribution in [3.8, 4) is 5.75 Å². The molecule has 0 aliphatic carbocycles. The van der Waals surface area contributed by atoms with Gasteiger partial charge in [0, 0.05) is 25.3 Å². The zero-order valence-corrected chi connectivity index (χ0v) is 13.6. The Kier molecular flexibility index (Phi) is 7.02. The minimum atomic E-state index is -0.282. The molecule has 0 aliphatic heterocycles. The Morgan fingerprint density at radius 1 is 1.24 bits per heavy atom. The van der Waals surface area contributed by atoms with E-state index in [1.165, 1.54) is 7.11 Å². The van der Waals surface area contributed by atoms with Crippen LogP contribution >= 0.6 is 0 Å². The largest absolute Gasteiger partial charge is 0.497 e. The summed E-state index contributed by atoms with van der Waals surface area (Å²) in [5.74, 6) is 0.618. The van der Waals surface area contributed by atoms with E-state index in [-0.39, 0.29) is 18.1 Å². The highest BCUT2D eigenvalue weighted by Gasteiger charge is 2.20. The molecule has 0 heterocycles. The highest BCUT2D eigenvalue weighted by Crippen LogP contribution is 2.18. The van der Waals surface area contributed by atoms with Crippen molar-refractivity contribution in [1.29, 1.82) is 0 Å². The number of nitrogens with one attached hydrogen (secondary N) is 1. The van der Waals surface area contributed by atoms with Crippen molar-refractivity contribution in [2.45, 2.75) is 32.4 Å². The lowest BCUT2D eigenvalue weighted by molar-refractivity contribution is -0.143. The van der Waals surface area contributed by atoms with Crippen molar-refractivity contribution in [2.24, 2.45) is 0 Å². The molecule has 0 saturated carbocycles. The lowest BCUT2D eigenvalue weighted by Crippen LogP contribution is -2.43. The Hall–Kier alpha value is -1.75. The van der Waals surface area contributed by atoms with Gasteiger partial charge in [0.2, 0.25) is 0 Å². The average Bonchev–Trinajstić information content (AvgIpc) is 2.50. The van der Waals surface area contributed by atoms with Gasteiger partial charge in [-0.15, -0.1) is 0 Å². The number of methoxy groups -OCH3 is 2. The number of ether oxygens (including phenoxy) is 2. The molecule has 1 aromatic carbocycles. The fourth-order valence-electron chi connectivity index (χ4n) is 2.10. The van der Waals surface area contributed by atoms with Gasteiger partial charge in [-0.1, -0.05) is 13.8 Å². The van der Waals surface area contributed by atoms with Crippen LogP contribution in [-0.4, -0.2) is 45.9 Å². The molecule has 1 atom stereocenters. The van der Waals surface area contributed by atoms with E-state index in [1.54, 1.807) is 7.11 Å². The molecular weight excluding hydrogens is 268 g/mol. The third kappa shape index (κ3) is 5.63. The minimum Gasteiger partial charge on any atom is -0.497 e. The van der Waals surface area contributed by atoms with Crippen LogP contribution in [0, 0.1) is 0 Å². The summed E-state index contributed by atoms with van der Waals surface area (Å²) in [7, 11) is 5.08. The van der Waals surface area contributed by atoms with Gasteiger partial charge in [-0.3, -0.25) is 4.79 Å². The number of rotatable bonds is 8. The van der Waals surface area contributed by atoms with E-state index in [0.717, 1.165) is 18.0 Å². The quantitative estimate of drug-likeness (QED) is 0.744. The molecule has 1 unspecified atom stereocenters. The van der Waals surface area contributed by atoms with Crippen LogP contribution in [0.1, 0.15) is 20.3 Å². The van der Waals surface area contributed by atoms with E-state index in [4.69, 9.17) is 9.47 Å². The van der Waals surface area contributed by atoms with Gasteiger partial charge >= 0.3 is 5.97 Å². The van der Waals surface area contributed by atoms with E-state index in [9.17, 15) is 4.79 Å². The first-order valence-corrected chi connectivity index (χ1v) is 7.17. The highest BCUT2D eigenvalue weighted by atomic mass is 16.5. The lowest BCUT2D eigenvalue weighted by atomic mass is 10.1. The Bertz CT molecular complexity index is 432. The number of carbonyl (C=O) groups is 1. The van der Waals surface area contributed by atoms with Crippen molar-refractivity contribution >= 4 is 11.7 Å². The topological polar surface area (TPSA) is 50.8 Å². The van der Waals surface area contributed by atoms with E-state index in [0.29, 0.717) is 6.42 Å². The predicted molar refractivity (Wildman–Crippen MR) is 85.0 cm³/mol. The summed E-state index contributed by atoms with van der Waals surface area (Å²) in [5, 5.41) is 3.23.